The minimum absolute atomic E-state index is 0.181. The minimum Gasteiger partial charge on any atom is -0.310 e. The summed E-state index contributed by atoms with van der Waals surface area (Å²) in [4.78, 5) is 3.87. The average Bonchev–Trinajstić information content (AvgIpc) is 2.85. The lowest BCUT2D eigenvalue weighted by molar-refractivity contribution is 0.589. The highest BCUT2D eigenvalue weighted by atomic mass is 15.3. The second-order valence-electron chi connectivity index (χ2n) is 4.33. The molecule has 0 saturated heterocycles. The van der Waals surface area contributed by atoms with Crippen LogP contribution in [-0.4, -0.2) is 20.8 Å². The van der Waals surface area contributed by atoms with Gasteiger partial charge >= 0.3 is 0 Å². The Kier molecular flexibility index (Phi) is 3.70. The molecule has 0 aliphatic rings. The van der Waals surface area contributed by atoms with Crippen molar-refractivity contribution in [2.45, 2.75) is 26.4 Å². The van der Waals surface area contributed by atoms with E-state index in [2.05, 4.69) is 29.2 Å². The van der Waals surface area contributed by atoms with Gasteiger partial charge in [-0.25, -0.2) is 9.67 Å². The van der Waals surface area contributed by atoms with Crippen molar-refractivity contribution in [3.63, 3.8) is 0 Å². The van der Waals surface area contributed by atoms with E-state index in [1.54, 1.807) is 11.0 Å². The van der Waals surface area contributed by atoms with Gasteiger partial charge in [0.2, 0.25) is 0 Å². The lowest BCUT2D eigenvalue weighted by Gasteiger charge is -2.08. The van der Waals surface area contributed by atoms with Crippen molar-refractivity contribution in [1.29, 1.82) is 5.26 Å². The van der Waals surface area contributed by atoms with Gasteiger partial charge in [-0.2, -0.15) is 5.26 Å². The van der Waals surface area contributed by atoms with Gasteiger partial charge in [0.15, 0.2) is 0 Å². The molecule has 0 bridgehead atoms. The lowest BCUT2D eigenvalue weighted by atomic mass is 10.2. The molecule has 0 amide bonds. The van der Waals surface area contributed by atoms with Crippen molar-refractivity contribution in [1.82, 2.24) is 20.1 Å². The molecule has 18 heavy (non-hydrogen) atoms. The molecule has 0 aliphatic carbocycles. The standard InChI is InChI=1S/C13H15N5/c1-10(2)15-8-11-3-5-12(6-4-11)18-9-16-13(7-14)17-18/h3-6,9-10,15H,8H2,1-2H3. The first-order chi connectivity index (χ1) is 8.69. The molecule has 1 heterocycles. The fourth-order valence-electron chi connectivity index (χ4n) is 1.53. The van der Waals surface area contributed by atoms with Gasteiger partial charge in [0, 0.05) is 12.6 Å². The molecule has 5 nitrogen and oxygen atoms in total. The average molecular weight is 241 g/mol. The molecule has 92 valence electrons. The summed E-state index contributed by atoms with van der Waals surface area (Å²) in [7, 11) is 0. The van der Waals surface area contributed by atoms with Crippen molar-refractivity contribution in [3.05, 3.63) is 42.0 Å². The number of hydrogen-bond acceptors (Lipinski definition) is 4. The molecule has 0 spiro atoms. The summed E-state index contributed by atoms with van der Waals surface area (Å²) in [6, 6.07) is 10.4. The highest BCUT2D eigenvalue weighted by Crippen LogP contribution is 2.08. The summed E-state index contributed by atoms with van der Waals surface area (Å²) >= 11 is 0. The van der Waals surface area contributed by atoms with Gasteiger partial charge in [-0.05, 0) is 17.7 Å². The molecule has 2 aromatic rings. The van der Waals surface area contributed by atoms with E-state index < -0.39 is 0 Å². The number of benzene rings is 1. The van der Waals surface area contributed by atoms with Gasteiger partial charge in [-0.1, -0.05) is 26.0 Å². The molecule has 5 heteroatoms. The number of rotatable bonds is 4. The Labute approximate surface area is 106 Å². The zero-order chi connectivity index (χ0) is 13.0. The van der Waals surface area contributed by atoms with Crippen molar-refractivity contribution < 1.29 is 0 Å². The maximum Gasteiger partial charge on any atom is 0.252 e. The number of hydrogen-bond donors (Lipinski definition) is 1. The number of aromatic nitrogens is 3. The van der Waals surface area contributed by atoms with Crippen molar-refractivity contribution >= 4 is 0 Å². The highest BCUT2D eigenvalue weighted by Gasteiger charge is 2.02. The van der Waals surface area contributed by atoms with Crippen LogP contribution in [0.2, 0.25) is 0 Å². The van der Waals surface area contributed by atoms with Crippen LogP contribution >= 0.6 is 0 Å². The summed E-state index contributed by atoms with van der Waals surface area (Å²) in [6.07, 6.45) is 1.54. The maximum absolute atomic E-state index is 8.67. The normalized spacial score (nSPS) is 10.6. The van der Waals surface area contributed by atoms with Crippen LogP contribution in [-0.2, 0) is 6.54 Å². The van der Waals surface area contributed by atoms with Crippen LogP contribution in [0.3, 0.4) is 0 Å². The van der Waals surface area contributed by atoms with E-state index in [0.717, 1.165) is 12.2 Å². The van der Waals surface area contributed by atoms with E-state index in [9.17, 15) is 0 Å². The van der Waals surface area contributed by atoms with E-state index in [-0.39, 0.29) is 5.82 Å². The Morgan fingerprint density at radius 3 is 2.61 bits per heavy atom. The van der Waals surface area contributed by atoms with Crippen LogP contribution < -0.4 is 5.32 Å². The first kappa shape index (κ1) is 12.3. The molecule has 1 aromatic carbocycles. The van der Waals surface area contributed by atoms with Crippen LogP contribution in [0.1, 0.15) is 25.2 Å². The Hall–Kier alpha value is -2.19. The van der Waals surface area contributed by atoms with E-state index in [1.165, 1.54) is 5.56 Å². The Bertz CT molecular complexity index is 548. The molecule has 1 N–H and O–H groups in total. The smallest absolute Gasteiger partial charge is 0.252 e. The first-order valence-corrected chi connectivity index (χ1v) is 5.83. The molecule has 0 saturated carbocycles. The Balaban J connectivity index is 2.10. The summed E-state index contributed by atoms with van der Waals surface area (Å²) in [5.74, 6) is 0.181. The van der Waals surface area contributed by atoms with Crippen molar-refractivity contribution in [2.24, 2.45) is 0 Å². The number of nitrogens with one attached hydrogen (secondary N) is 1. The monoisotopic (exact) mass is 241 g/mol. The highest BCUT2D eigenvalue weighted by molar-refractivity contribution is 5.33. The molecule has 0 fully saturated rings. The molecule has 1 aromatic heterocycles. The Morgan fingerprint density at radius 2 is 2.06 bits per heavy atom. The fourth-order valence-corrected chi connectivity index (χ4v) is 1.53. The van der Waals surface area contributed by atoms with E-state index >= 15 is 0 Å². The lowest BCUT2D eigenvalue weighted by Crippen LogP contribution is -2.21. The third-order valence-corrected chi connectivity index (χ3v) is 2.51. The summed E-state index contributed by atoms with van der Waals surface area (Å²) in [5.41, 5.74) is 2.12. The number of nitriles is 1. The second kappa shape index (κ2) is 5.43. The molecule has 0 radical (unpaired) electrons. The largest absolute Gasteiger partial charge is 0.310 e. The molecule has 0 atom stereocenters. The van der Waals surface area contributed by atoms with Crippen LogP contribution in [0.25, 0.3) is 5.69 Å². The van der Waals surface area contributed by atoms with Gasteiger partial charge < -0.3 is 5.32 Å². The van der Waals surface area contributed by atoms with E-state index in [0.29, 0.717) is 6.04 Å². The van der Waals surface area contributed by atoms with Gasteiger partial charge in [-0.3, -0.25) is 0 Å². The fraction of sp³-hybridized carbons (Fsp3) is 0.308. The Morgan fingerprint density at radius 1 is 1.33 bits per heavy atom. The maximum atomic E-state index is 8.67. The second-order valence-corrected chi connectivity index (χ2v) is 4.33. The van der Waals surface area contributed by atoms with Crippen LogP contribution in [0.4, 0.5) is 0 Å². The molecule has 0 unspecified atom stereocenters. The SMILES string of the molecule is CC(C)NCc1ccc(-n2cnc(C#N)n2)cc1. The summed E-state index contributed by atoms with van der Waals surface area (Å²) in [5, 5.41) is 16.1. The minimum atomic E-state index is 0.181. The molecular formula is C13H15N5. The van der Waals surface area contributed by atoms with Gasteiger partial charge in [0.25, 0.3) is 5.82 Å². The van der Waals surface area contributed by atoms with Crippen molar-refractivity contribution in [2.75, 3.05) is 0 Å². The zero-order valence-corrected chi connectivity index (χ0v) is 10.5. The van der Waals surface area contributed by atoms with Gasteiger partial charge in [0.1, 0.15) is 12.4 Å². The van der Waals surface area contributed by atoms with Gasteiger partial charge in [0.05, 0.1) is 5.69 Å². The molecule has 2 rings (SSSR count). The number of nitrogens with zero attached hydrogens (tertiary/aromatic N) is 4. The van der Waals surface area contributed by atoms with Crippen LogP contribution in [0.5, 0.6) is 0 Å². The molecular weight excluding hydrogens is 226 g/mol. The topological polar surface area (TPSA) is 66.5 Å². The third kappa shape index (κ3) is 2.93. The molecule has 0 aliphatic heterocycles. The predicted octanol–water partition coefficient (Wildman–Crippen LogP) is 1.64. The predicted molar refractivity (Wildman–Crippen MR) is 68.0 cm³/mol. The zero-order valence-electron chi connectivity index (χ0n) is 10.5. The quantitative estimate of drug-likeness (QED) is 0.883. The van der Waals surface area contributed by atoms with Crippen LogP contribution in [0.15, 0.2) is 30.6 Å². The van der Waals surface area contributed by atoms with Gasteiger partial charge in [-0.15, -0.1) is 5.10 Å². The summed E-state index contributed by atoms with van der Waals surface area (Å²) in [6.45, 7) is 5.08. The summed E-state index contributed by atoms with van der Waals surface area (Å²) < 4.78 is 1.60. The van der Waals surface area contributed by atoms with Crippen molar-refractivity contribution in [3.8, 4) is 11.8 Å². The third-order valence-electron chi connectivity index (χ3n) is 2.51. The first-order valence-electron chi connectivity index (χ1n) is 5.83. The van der Waals surface area contributed by atoms with E-state index in [4.69, 9.17) is 5.26 Å². The van der Waals surface area contributed by atoms with Crippen LogP contribution in [0, 0.1) is 11.3 Å². The van der Waals surface area contributed by atoms with E-state index in [1.807, 2.05) is 30.3 Å².